The van der Waals surface area contributed by atoms with Crippen LogP contribution in [0, 0.1) is 0 Å². The third kappa shape index (κ3) is 3.03. The zero-order chi connectivity index (χ0) is 14.0. The highest BCUT2D eigenvalue weighted by atomic mass is 19.4. The number of aromatic amines is 1. The Kier molecular flexibility index (Phi) is 3.16. The van der Waals surface area contributed by atoms with Gasteiger partial charge in [0.2, 0.25) is 0 Å². The number of aromatic nitrogens is 2. The van der Waals surface area contributed by atoms with Gasteiger partial charge in [-0.05, 0) is 12.1 Å². The Morgan fingerprint density at radius 2 is 1.79 bits per heavy atom. The van der Waals surface area contributed by atoms with E-state index in [2.05, 4.69) is 4.74 Å². The molecule has 0 unspecified atom stereocenters. The zero-order valence-electron chi connectivity index (χ0n) is 9.27. The lowest BCUT2D eigenvalue weighted by atomic mass is 10.3. The smallest absolute Gasteiger partial charge is 0.404 e. The highest BCUT2D eigenvalue weighted by molar-refractivity contribution is 5.46. The lowest BCUT2D eigenvalue weighted by molar-refractivity contribution is -0.274. The number of nitrogens with zero attached hydrogens (tertiary/aromatic N) is 1. The van der Waals surface area contributed by atoms with Gasteiger partial charge in [0, 0.05) is 12.3 Å². The fourth-order valence-corrected chi connectivity index (χ4v) is 1.47. The average molecular weight is 272 g/mol. The Morgan fingerprint density at radius 3 is 2.42 bits per heavy atom. The Bertz CT molecular complexity index is 703. The normalized spacial score (nSPS) is 11.3. The topological polar surface area (TPSA) is 64.1 Å². The minimum Gasteiger partial charge on any atom is -0.404 e. The second-order valence-corrected chi connectivity index (χ2v) is 3.50. The molecule has 0 aliphatic heterocycles. The lowest BCUT2D eigenvalue weighted by Gasteiger charge is -2.13. The first-order chi connectivity index (χ1) is 8.87. The first kappa shape index (κ1) is 12.9. The van der Waals surface area contributed by atoms with E-state index in [1.54, 1.807) is 0 Å². The molecule has 0 aliphatic rings. The fraction of sp³-hybridized carbons (Fsp3) is 0.0909. The first-order valence-corrected chi connectivity index (χ1v) is 5.04. The standard InChI is InChI=1S/C11H7F3N2O3/c12-11(13,14)19-8-4-2-1-3-7(8)16-6-5-9(17)15-10(16)18/h1-6H,(H,15,17,18). The number of alkyl halides is 3. The summed E-state index contributed by atoms with van der Waals surface area (Å²) in [5.41, 5.74) is -1.62. The molecular formula is C11H7F3N2O3. The van der Waals surface area contributed by atoms with Crippen molar-refractivity contribution in [3.8, 4) is 11.4 Å². The van der Waals surface area contributed by atoms with Crippen molar-refractivity contribution in [3.05, 3.63) is 57.4 Å². The van der Waals surface area contributed by atoms with Gasteiger partial charge < -0.3 is 4.74 Å². The summed E-state index contributed by atoms with van der Waals surface area (Å²) in [6.07, 6.45) is -3.80. The molecule has 0 aliphatic carbocycles. The Morgan fingerprint density at radius 1 is 1.11 bits per heavy atom. The van der Waals surface area contributed by atoms with Gasteiger partial charge in [0.1, 0.15) is 0 Å². The van der Waals surface area contributed by atoms with Crippen molar-refractivity contribution in [3.63, 3.8) is 0 Å². The van der Waals surface area contributed by atoms with Crippen LogP contribution in [-0.4, -0.2) is 15.9 Å². The van der Waals surface area contributed by atoms with E-state index in [9.17, 15) is 22.8 Å². The number of halogens is 3. The van der Waals surface area contributed by atoms with Gasteiger partial charge in [0.15, 0.2) is 5.75 Å². The predicted octanol–water partition coefficient (Wildman–Crippen LogP) is 1.42. The maximum atomic E-state index is 12.2. The summed E-state index contributed by atoms with van der Waals surface area (Å²) < 4.78 is 41.4. The number of benzene rings is 1. The second kappa shape index (κ2) is 4.63. The van der Waals surface area contributed by atoms with Crippen LogP contribution in [0.25, 0.3) is 5.69 Å². The van der Waals surface area contributed by atoms with Crippen LogP contribution < -0.4 is 16.0 Å². The molecule has 1 heterocycles. The van der Waals surface area contributed by atoms with Gasteiger partial charge in [-0.2, -0.15) is 0 Å². The minimum atomic E-state index is -4.87. The average Bonchev–Trinajstić information content (AvgIpc) is 2.28. The first-order valence-electron chi connectivity index (χ1n) is 5.04. The molecule has 0 atom stereocenters. The molecule has 0 bridgehead atoms. The van der Waals surface area contributed by atoms with E-state index in [4.69, 9.17) is 0 Å². The molecule has 0 amide bonds. The second-order valence-electron chi connectivity index (χ2n) is 3.50. The van der Waals surface area contributed by atoms with E-state index in [-0.39, 0.29) is 5.69 Å². The summed E-state index contributed by atoms with van der Waals surface area (Å²) in [7, 11) is 0. The van der Waals surface area contributed by atoms with Crippen LogP contribution in [-0.2, 0) is 0 Å². The van der Waals surface area contributed by atoms with Gasteiger partial charge in [-0.25, -0.2) is 4.79 Å². The Balaban J connectivity index is 2.56. The number of rotatable bonds is 2. The summed E-state index contributed by atoms with van der Waals surface area (Å²) in [4.78, 5) is 24.4. The van der Waals surface area contributed by atoms with Crippen molar-refractivity contribution in [2.45, 2.75) is 6.36 Å². The van der Waals surface area contributed by atoms with Crippen molar-refractivity contribution in [1.29, 1.82) is 0 Å². The van der Waals surface area contributed by atoms with E-state index in [0.29, 0.717) is 0 Å². The SMILES string of the molecule is O=c1ccn(-c2ccccc2OC(F)(F)F)c(=O)[nH]1. The van der Waals surface area contributed by atoms with Crippen LogP contribution in [0.2, 0.25) is 0 Å². The van der Waals surface area contributed by atoms with E-state index in [1.807, 2.05) is 4.98 Å². The van der Waals surface area contributed by atoms with Crippen LogP contribution in [0.4, 0.5) is 13.2 Å². The van der Waals surface area contributed by atoms with Crippen LogP contribution in [0.5, 0.6) is 5.75 Å². The van der Waals surface area contributed by atoms with Crippen LogP contribution >= 0.6 is 0 Å². The molecule has 0 saturated heterocycles. The Labute approximate surface area is 103 Å². The summed E-state index contributed by atoms with van der Waals surface area (Å²) in [5.74, 6) is -0.538. The number of nitrogens with one attached hydrogen (secondary N) is 1. The summed E-state index contributed by atoms with van der Waals surface area (Å²) >= 11 is 0. The van der Waals surface area contributed by atoms with E-state index in [1.165, 1.54) is 18.2 Å². The minimum absolute atomic E-state index is 0.124. The summed E-state index contributed by atoms with van der Waals surface area (Å²) in [5, 5.41) is 0. The van der Waals surface area contributed by atoms with Gasteiger partial charge in [-0.15, -0.1) is 13.2 Å². The van der Waals surface area contributed by atoms with Gasteiger partial charge >= 0.3 is 12.1 Å². The van der Waals surface area contributed by atoms with Gasteiger partial charge in [0.25, 0.3) is 5.56 Å². The maximum Gasteiger partial charge on any atom is 0.573 e. The number of para-hydroxylation sites is 2. The van der Waals surface area contributed by atoms with Gasteiger partial charge in [0.05, 0.1) is 5.69 Å². The lowest BCUT2D eigenvalue weighted by Crippen LogP contribution is -2.28. The number of H-pyrrole nitrogens is 1. The van der Waals surface area contributed by atoms with Crippen LogP contribution in [0.1, 0.15) is 0 Å². The van der Waals surface area contributed by atoms with Crippen LogP contribution in [0.3, 0.4) is 0 Å². The molecule has 5 nitrogen and oxygen atoms in total. The van der Waals surface area contributed by atoms with Crippen molar-refractivity contribution < 1.29 is 17.9 Å². The van der Waals surface area contributed by atoms with Gasteiger partial charge in [-0.1, -0.05) is 12.1 Å². The molecule has 100 valence electrons. The molecule has 2 rings (SSSR count). The highest BCUT2D eigenvalue weighted by Gasteiger charge is 2.32. The third-order valence-corrected chi connectivity index (χ3v) is 2.17. The van der Waals surface area contributed by atoms with E-state index < -0.39 is 23.4 Å². The molecule has 1 aromatic heterocycles. The predicted molar refractivity (Wildman–Crippen MR) is 59.3 cm³/mol. The molecule has 1 N–H and O–H groups in total. The van der Waals surface area contributed by atoms with Crippen molar-refractivity contribution >= 4 is 0 Å². The molecule has 0 radical (unpaired) electrons. The molecular weight excluding hydrogens is 265 g/mol. The zero-order valence-corrected chi connectivity index (χ0v) is 9.27. The van der Waals surface area contributed by atoms with Crippen molar-refractivity contribution in [2.24, 2.45) is 0 Å². The van der Waals surface area contributed by atoms with Gasteiger partial charge in [-0.3, -0.25) is 14.3 Å². The molecule has 2 aromatic rings. The van der Waals surface area contributed by atoms with E-state index >= 15 is 0 Å². The number of hydrogen-bond acceptors (Lipinski definition) is 3. The number of hydrogen-bond donors (Lipinski definition) is 1. The largest absolute Gasteiger partial charge is 0.573 e. The number of ether oxygens (including phenoxy) is 1. The summed E-state index contributed by atoms with van der Waals surface area (Å²) in [6, 6.07) is 6.13. The summed E-state index contributed by atoms with van der Waals surface area (Å²) in [6.45, 7) is 0. The highest BCUT2D eigenvalue weighted by Crippen LogP contribution is 2.27. The monoisotopic (exact) mass is 272 g/mol. The molecule has 8 heteroatoms. The molecule has 0 saturated carbocycles. The molecule has 0 fully saturated rings. The quantitative estimate of drug-likeness (QED) is 0.899. The van der Waals surface area contributed by atoms with Crippen molar-refractivity contribution in [1.82, 2.24) is 9.55 Å². The fourth-order valence-electron chi connectivity index (χ4n) is 1.47. The molecule has 1 aromatic carbocycles. The molecule has 0 spiro atoms. The van der Waals surface area contributed by atoms with Crippen LogP contribution in [0.15, 0.2) is 46.1 Å². The molecule has 19 heavy (non-hydrogen) atoms. The van der Waals surface area contributed by atoms with Crippen molar-refractivity contribution in [2.75, 3.05) is 0 Å². The maximum absolute atomic E-state index is 12.2. The Hall–Kier alpha value is -2.51. The third-order valence-electron chi connectivity index (χ3n) is 2.17. The van der Waals surface area contributed by atoms with E-state index in [0.717, 1.165) is 22.9 Å².